The largest absolute Gasteiger partial charge is 0.508 e. The molecule has 0 saturated heterocycles. The third kappa shape index (κ3) is 2.98. The van der Waals surface area contributed by atoms with E-state index >= 15 is 0 Å². The van der Waals surface area contributed by atoms with E-state index in [9.17, 15) is 20.1 Å². The summed E-state index contributed by atoms with van der Waals surface area (Å²) in [7, 11) is 1.28. The van der Waals surface area contributed by atoms with Crippen LogP contribution in [-0.4, -0.2) is 22.4 Å². The molecule has 1 heterocycles. The van der Waals surface area contributed by atoms with Crippen LogP contribution in [0.5, 0.6) is 23.0 Å². The molecule has 0 amide bonds. The average molecular weight is 346 g/mol. The second-order valence-corrected chi connectivity index (χ2v) is 6.02. The molecule has 7 heteroatoms. The average Bonchev–Trinajstić information content (AvgIpc) is 2.54. The molecule has 0 spiro atoms. The van der Waals surface area contributed by atoms with Crippen molar-refractivity contribution in [3.8, 4) is 23.0 Å². The van der Waals surface area contributed by atoms with Crippen LogP contribution in [-0.2, 0) is 5.75 Å². The monoisotopic (exact) mass is 346 g/mol. The first kappa shape index (κ1) is 16.1. The topological polar surface area (TPSA) is 100 Å². The number of hydrogen-bond acceptors (Lipinski definition) is 7. The van der Waals surface area contributed by atoms with Crippen LogP contribution in [0.2, 0.25) is 0 Å². The summed E-state index contributed by atoms with van der Waals surface area (Å²) in [5.74, 6) is -0.217. The van der Waals surface area contributed by atoms with Crippen molar-refractivity contribution in [3.05, 3.63) is 52.2 Å². The number of fused-ring (bicyclic) bond motifs is 1. The number of methoxy groups -OCH3 is 1. The van der Waals surface area contributed by atoms with Crippen molar-refractivity contribution < 1.29 is 24.5 Å². The Morgan fingerprint density at radius 1 is 1.12 bits per heavy atom. The van der Waals surface area contributed by atoms with Gasteiger partial charge in [-0.15, -0.1) is 0 Å². The molecule has 0 aliphatic heterocycles. The molecule has 0 radical (unpaired) electrons. The first-order valence-electron chi connectivity index (χ1n) is 6.97. The highest BCUT2D eigenvalue weighted by atomic mass is 32.2. The van der Waals surface area contributed by atoms with Crippen molar-refractivity contribution in [1.82, 2.24) is 0 Å². The molecule has 0 atom stereocenters. The molecule has 2 aromatic carbocycles. The molecule has 0 aliphatic carbocycles. The molecule has 0 fully saturated rings. The molecule has 3 aromatic rings. The van der Waals surface area contributed by atoms with Gasteiger partial charge in [-0.1, -0.05) is 23.9 Å². The van der Waals surface area contributed by atoms with Crippen LogP contribution in [0.1, 0.15) is 5.56 Å². The Bertz CT molecular complexity index is 946. The van der Waals surface area contributed by atoms with Crippen LogP contribution in [0.25, 0.3) is 11.0 Å². The van der Waals surface area contributed by atoms with E-state index in [0.717, 1.165) is 5.56 Å². The summed E-state index contributed by atoms with van der Waals surface area (Å²) in [5.41, 5.74) is 0.590. The van der Waals surface area contributed by atoms with Gasteiger partial charge in [-0.3, -0.25) is 4.79 Å². The summed E-state index contributed by atoms with van der Waals surface area (Å²) in [5, 5.41) is 29.5. The predicted octanol–water partition coefficient (Wildman–Crippen LogP) is 3.21. The normalized spacial score (nSPS) is 10.9. The number of aromatic hydroxyl groups is 3. The number of hydrogen-bond donors (Lipinski definition) is 3. The van der Waals surface area contributed by atoms with Crippen molar-refractivity contribution in [2.75, 3.05) is 7.11 Å². The van der Waals surface area contributed by atoms with E-state index in [1.54, 1.807) is 24.3 Å². The van der Waals surface area contributed by atoms with Gasteiger partial charge in [0.2, 0.25) is 5.75 Å². The minimum Gasteiger partial charge on any atom is -0.508 e. The van der Waals surface area contributed by atoms with Crippen molar-refractivity contribution in [3.63, 3.8) is 0 Å². The molecule has 0 unspecified atom stereocenters. The van der Waals surface area contributed by atoms with E-state index in [-0.39, 0.29) is 28.2 Å². The highest BCUT2D eigenvalue weighted by Gasteiger charge is 2.18. The molecular weight excluding hydrogens is 332 g/mol. The van der Waals surface area contributed by atoms with Gasteiger partial charge in [0.25, 0.3) is 0 Å². The van der Waals surface area contributed by atoms with Crippen molar-refractivity contribution in [2.45, 2.75) is 10.8 Å². The van der Waals surface area contributed by atoms with Gasteiger partial charge in [-0.05, 0) is 17.7 Å². The Balaban J connectivity index is 1.96. The highest BCUT2D eigenvalue weighted by Crippen LogP contribution is 2.41. The number of phenolic OH excluding ortho intramolecular Hbond substituents is 3. The SMILES string of the molecule is COc1c(O)cc2oc(SCc3ccc(O)cc3)cc(=O)c2c1O. The van der Waals surface area contributed by atoms with Crippen molar-refractivity contribution in [2.24, 2.45) is 0 Å². The maximum absolute atomic E-state index is 12.3. The summed E-state index contributed by atoms with van der Waals surface area (Å²) < 4.78 is 10.5. The van der Waals surface area contributed by atoms with E-state index in [1.165, 1.54) is 31.0 Å². The van der Waals surface area contributed by atoms with Crippen LogP contribution < -0.4 is 10.2 Å². The Kier molecular flexibility index (Phi) is 4.26. The second-order valence-electron chi connectivity index (χ2n) is 5.04. The summed E-state index contributed by atoms with van der Waals surface area (Å²) in [4.78, 5) is 12.3. The number of phenols is 3. The molecule has 0 saturated carbocycles. The van der Waals surface area contributed by atoms with E-state index in [0.29, 0.717) is 10.8 Å². The van der Waals surface area contributed by atoms with Crippen LogP contribution >= 0.6 is 11.8 Å². The number of benzene rings is 2. The fraction of sp³-hybridized carbons (Fsp3) is 0.118. The Labute approximate surface area is 140 Å². The van der Waals surface area contributed by atoms with E-state index in [4.69, 9.17) is 9.15 Å². The highest BCUT2D eigenvalue weighted by molar-refractivity contribution is 7.98. The Morgan fingerprint density at radius 2 is 1.83 bits per heavy atom. The van der Waals surface area contributed by atoms with Gasteiger partial charge < -0.3 is 24.5 Å². The quantitative estimate of drug-likeness (QED) is 0.624. The van der Waals surface area contributed by atoms with Gasteiger partial charge in [0, 0.05) is 17.9 Å². The Morgan fingerprint density at radius 3 is 2.50 bits per heavy atom. The fourth-order valence-corrected chi connectivity index (χ4v) is 3.11. The van der Waals surface area contributed by atoms with Crippen LogP contribution in [0.3, 0.4) is 0 Å². The zero-order valence-corrected chi connectivity index (χ0v) is 13.5. The first-order valence-corrected chi connectivity index (χ1v) is 7.95. The molecule has 24 heavy (non-hydrogen) atoms. The van der Waals surface area contributed by atoms with Crippen LogP contribution in [0.15, 0.2) is 50.7 Å². The molecular formula is C17H14O6S. The smallest absolute Gasteiger partial charge is 0.203 e. The van der Waals surface area contributed by atoms with Gasteiger partial charge in [-0.25, -0.2) is 0 Å². The van der Waals surface area contributed by atoms with Gasteiger partial charge in [0.15, 0.2) is 22.0 Å². The third-order valence-electron chi connectivity index (χ3n) is 3.43. The molecule has 0 bridgehead atoms. The van der Waals surface area contributed by atoms with E-state index < -0.39 is 11.2 Å². The number of thioether (sulfide) groups is 1. The van der Waals surface area contributed by atoms with Gasteiger partial charge >= 0.3 is 0 Å². The van der Waals surface area contributed by atoms with Crippen LogP contribution in [0, 0.1) is 0 Å². The summed E-state index contributed by atoms with van der Waals surface area (Å²) in [6, 6.07) is 9.21. The molecule has 3 N–H and O–H groups in total. The number of rotatable bonds is 4. The summed E-state index contributed by atoms with van der Waals surface area (Å²) in [6.45, 7) is 0. The second kappa shape index (κ2) is 6.37. The summed E-state index contributed by atoms with van der Waals surface area (Å²) >= 11 is 1.29. The maximum Gasteiger partial charge on any atom is 0.203 e. The molecule has 0 aliphatic rings. The lowest BCUT2D eigenvalue weighted by Gasteiger charge is -2.09. The van der Waals surface area contributed by atoms with E-state index in [2.05, 4.69) is 0 Å². The molecule has 6 nitrogen and oxygen atoms in total. The zero-order chi connectivity index (χ0) is 17.3. The molecule has 1 aromatic heterocycles. The fourth-order valence-electron chi connectivity index (χ4n) is 2.27. The molecule has 124 valence electrons. The van der Waals surface area contributed by atoms with E-state index in [1.807, 2.05) is 0 Å². The minimum absolute atomic E-state index is 0.0429. The van der Waals surface area contributed by atoms with Gasteiger partial charge in [0.05, 0.1) is 7.11 Å². The zero-order valence-electron chi connectivity index (χ0n) is 12.6. The predicted molar refractivity (Wildman–Crippen MR) is 90.0 cm³/mol. The third-order valence-corrected chi connectivity index (χ3v) is 4.39. The standard InChI is InChI=1S/C17H14O6S/c1-22-17-12(20)6-13-15(16(17)21)11(19)7-14(23-13)24-8-9-2-4-10(18)5-3-9/h2-7,18,20-21H,8H2,1H3. The lowest BCUT2D eigenvalue weighted by molar-refractivity contribution is 0.345. The first-order chi connectivity index (χ1) is 11.5. The van der Waals surface area contributed by atoms with Gasteiger partial charge in [-0.2, -0.15) is 0 Å². The van der Waals surface area contributed by atoms with Crippen molar-refractivity contribution in [1.29, 1.82) is 0 Å². The maximum atomic E-state index is 12.3. The lowest BCUT2D eigenvalue weighted by atomic mass is 10.2. The van der Waals surface area contributed by atoms with Crippen LogP contribution in [0.4, 0.5) is 0 Å². The van der Waals surface area contributed by atoms with Crippen molar-refractivity contribution >= 4 is 22.7 Å². The van der Waals surface area contributed by atoms with Gasteiger partial charge in [0.1, 0.15) is 16.7 Å². The summed E-state index contributed by atoms with van der Waals surface area (Å²) in [6.07, 6.45) is 0. The Hall–Kier alpha value is -2.80. The lowest BCUT2D eigenvalue weighted by Crippen LogP contribution is -2.01. The molecule has 3 rings (SSSR count). The number of ether oxygens (including phenoxy) is 1. The minimum atomic E-state index is -0.448.